The van der Waals surface area contributed by atoms with Crippen LogP contribution in [0.4, 0.5) is 5.69 Å². The third-order valence-electron chi connectivity index (χ3n) is 2.08. The molecule has 1 aromatic carbocycles. The van der Waals surface area contributed by atoms with Gasteiger partial charge in [0.2, 0.25) is 10.9 Å². The van der Waals surface area contributed by atoms with Crippen LogP contribution in [0, 0.1) is 5.92 Å². The lowest BCUT2D eigenvalue weighted by Gasteiger charge is -2.10. The first-order chi connectivity index (χ1) is 5.65. The van der Waals surface area contributed by atoms with Crippen LogP contribution in [0.3, 0.4) is 0 Å². The van der Waals surface area contributed by atoms with Gasteiger partial charge in [0.1, 0.15) is 0 Å². The number of rotatable bonds is 4. The summed E-state index contributed by atoms with van der Waals surface area (Å²) in [6.45, 7) is 4.95. The molecule has 12 heavy (non-hydrogen) atoms. The monoisotopic (exact) mass is 167 g/mol. The van der Waals surface area contributed by atoms with Crippen molar-refractivity contribution in [3.63, 3.8) is 0 Å². The lowest BCUT2D eigenvalue weighted by atomic mass is 10.1. The molecule has 0 heterocycles. The minimum atomic E-state index is -0.387. The van der Waals surface area contributed by atoms with Crippen molar-refractivity contribution in [1.82, 2.24) is 0 Å². The van der Waals surface area contributed by atoms with E-state index in [0.29, 0.717) is 11.6 Å². The molecule has 0 radical (unpaired) electrons. The van der Waals surface area contributed by atoms with E-state index in [2.05, 4.69) is 19.2 Å². The molecular formula is C9H13NO2. The first-order valence-electron chi connectivity index (χ1n) is 4.19. The predicted molar refractivity (Wildman–Crippen MR) is 49.3 cm³/mol. The Morgan fingerprint density at radius 2 is 2.17 bits per heavy atom. The largest absolute Gasteiger partial charge is 0.381 e. The maximum atomic E-state index is 10.8. The Balaban J connectivity index is 2.41. The predicted octanol–water partition coefficient (Wildman–Crippen LogP) is 0.741. The minimum absolute atomic E-state index is 0.377. The van der Waals surface area contributed by atoms with Crippen LogP contribution in [-0.2, 0) is 0 Å². The first-order valence-corrected chi connectivity index (χ1v) is 4.19. The molecule has 0 fully saturated rings. The third-order valence-corrected chi connectivity index (χ3v) is 2.08. The van der Waals surface area contributed by atoms with E-state index < -0.39 is 0 Å². The van der Waals surface area contributed by atoms with Crippen molar-refractivity contribution in [3.8, 4) is 0 Å². The maximum Gasteiger partial charge on any atom is 0.248 e. The van der Waals surface area contributed by atoms with Gasteiger partial charge in [0.15, 0.2) is 0 Å². The van der Waals surface area contributed by atoms with Crippen LogP contribution in [-0.4, -0.2) is 6.54 Å². The van der Waals surface area contributed by atoms with Crippen LogP contribution in [0.1, 0.15) is 20.3 Å². The van der Waals surface area contributed by atoms with E-state index in [-0.39, 0.29) is 10.9 Å². The first kappa shape index (κ1) is 8.97. The smallest absolute Gasteiger partial charge is 0.248 e. The Labute approximate surface area is 71.1 Å². The molecule has 3 nitrogen and oxygen atoms in total. The summed E-state index contributed by atoms with van der Waals surface area (Å²) in [6, 6.07) is 1.35. The number of hydrogen-bond donors (Lipinski definition) is 1. The summed E-state index contributed by atoms with van der Waals surface area (Å²) in [5, 5.41) is 2.94. The van der Waals surface area contributed by atoms with Crippen LogP contribution in [0.2, 0.25) is 0 Å². The van der Waals surface area contributed by atoms with E-state index >= 15 is 0 Å². The van der Waals surface area contributed by atoms with Gasteiger partial charge in [0.05, 0.1) is 5.69 Å². The van der Waals surface area contributed by atoms with Crippen molar-refractivity contribution < 1.29 is 0 Å². The van der Waals surface area contributed by atoms with Crippen molar-refractivity contribution in [2.24, 2.45) is 5.92 Å². The van der Waals surface area contributed by atoms with Crippen molar-refractivity contribution in [1.29, 1.82) is 0 Å². The molecule has 1 atom stereocenters. The molecule has 66 valence electrons. The van der Waals surface area contributed by atoms with Gasteiger partial charge in [-0.1, -0.05) is 20.3 Å². The molecule has 0 spiro atoms. The SMILES string of the molecule is CCC(C)CNc1cc(=O)c1=O. The quantitative estimate of drug-likeness (QED) is 0.673. The highest BCUT2D eigenvalue weighted by Gasteiger charge is 2.08. The molecule has 3 heteroatoms. The van der Waals surface area contributed by atoms with Gasteiger partial charge < -0.3 is 5.32 Å². The molecule has 0 aliphatic rings. The Kier molecular flexibility index (Phi) is 2.63. The summed E-state index contributed by atoms with van der Waals surface area (Å²) in [4.78, 5) is 21.3. The number of hydrogen-bond acceptors (Lipinski definition) is 3. The van der Waals surface area contributed by atoms with Crippen molar-refractivity contribution in [2.75, 3.05) is 11.9 Å². The van der Waals surface area contributed by atoms with Gasteiger partial charge in [-0.25, -0.2) is 0 Å². The van der Waals surface area contributed by atoms with E-state index in [1.165, 1.54) is 6.07 Å². The zero-order valence-corrected chi connectivity index (χ0v) is 7.39. The van der Waals surface area contributed by atoms with E-state index in [4.69, 9.17) is 0 Å². The molecular weight excluding hydrogens is 154 g/mol. The van der Waals surface area contributed by atoms with Gasteiger partial charge in [-0.05, 0) is 5.92 Å². The molecule has 0 aliphatic heterocycles. The summed E-state index contributed by atoms with van der Waals surface area (Å²) in [6.07, 6.45) is 1.07. The molecule has 0 saturated heterocycles. The average Bonchev–Trinajstić information content (AvgIpc) is 2.10. The third kappa shape index (κ3) is 1.72. The van der Waals surface area contributed by atoms with E-state index in [0.717, 1.165) is 13.0 Å². The van der Waals surface area contributed by atoms with Gasteiger partial charge in [0, 0.05) is 12.6 Å². The lowest BCUT2D eigenvalue weighted by Crippen LogP contribution is -2.33. The summed E-state index contributed by atoms with van der Waals surface area (Å²) in [5.41, 5.74) is -0.291. The van der Waals surface area contributed by atoms with Gasteiger partial charge in [0.25, 0.3) is 0 Å². The van der Waals surface area contributed by atoms with Gasteiger partial charge in [-0.15, -0.1) is 0 Å². The van der Waals surface area contributed by atoms with Crippen molar-refractivity contribution in [3.05, 3.63) is 26.5 Å². The normalized spacial score (nSPS) is 13.2. The summed E-state index contributed by atoms with van der Waals surface area (Å²) in [5.74, 6) is 0.536. The fourth-order valence-corrected chi connectivity index (χ4v) is 0.877. The van der Waals surface area contributed by atoms with Crippen LogP contribution in [0.25, 0.3) is 0 Å². The zero-order chi connectivity index (χ0) is 9.14. The summed E-state index contributed by atoms with van der Waals surface area (Å²) < 4.78 is 0. The fourth-order valence-electron chi connectivity index (χ4n) is 0.877. The molecule has 1 unspecified atom stereocenters. The van der Waals surface area contributed by atoms with Crippen LogP contribution in [0.5, 0.6) is 0 Å². The van der Waals surface area contributed by atoms with E-state index in [9.17, 15) is 9.59 Å². The standard InChI is InChI=1S/C9H13NO2/c1-3-6(2)5-10-7-4-8(11)9(7)12/h4,6,10H,3,5H2,1-2H3. The van der Waals surface area contributed by atoms with E-state index in [1.54, 1.807) is 0 Å². The molecule has 1 N–H and O–H groups in total. The Morgan fingerprint density at radius 1 is 1.50 bits per heavy atom. The van der Waals surface area contributed by atoms with E-state index in [1.807, 2.05) is 0 Å². The molecule has 1 rings (SSSR count). The van der Waals surface area contributed by atoms with Crippen LogP contribution < -0.4 is 16.2 Å². The average molecular weight is 167 g/mol. The fraction of sp³-hybridized carbons (Fsp3) is 0.556. The molecule has 0 saturated carbocycles. The van der Waals surface area contributed by atoms with Crippen LogP contribution in [0.15, 0.2) is 15.7 Å². The van der Waals surface area contributed by atoms with Gasteiger partial charge >= 0.3 is 0 Å². The molecule has 0 amide bonds. The highest BCUT2D eigenvalue weighted by Crippen LogP contribution is 2.02. The lowest BCUT2D eigenvalue weighted by molar-refractivity contribution is 0.593. The summed E-state index contributed by atoms with van der Waals surface area (Å²) >= 11 is 0. The second-order valence-electron chi connectivity index (χ2n) is 3.15. The molecule has 0 aliphatic carbocycles. The van der Waals surface area contributed by atoms with Gasteiger partial charge in [-0.2, -0.15) is 0 Å². The Bertz CT molecular complexity index is 323. The highest BCUT2D eigenvalue weighted by atomic mass is 16.2. The summed E-state index contributed by atoms with van der Waals surface area (Å²) in [7, 11) is 0. The van der Waals surface area contributed by atoms with Gasteiger partial charge in [-0.3, -0.25) is 9.59 Å². The number of nitrogens with one attached hydrogen (secondary N) is 1. The zero-order valence-electron chi connectivity index (χ0n) is 7.39. The van der Waals surface area contributed by atoms with Crippen molar-refractivity contribution in [2.45, 2.75) is 20.3 Å². The topological polar surface area (TPSA) is 46.2 Å². The Morgan fingerprint density at radius 3 is 2.58 bits per heavy atom. The second kappa shape index (κ2) is 3.52. The molecule has 0 bridgehead atoms. The second-order valence-corrected chi connectivity index (χ2v) is 3.15. The van der Waals surface area contributed by atoms with Crippen LogP contribution >= 0.6 is 0 Å². The maximum absolute atomic E-state index is 10.8. The van der Waals surface area contributed by atoms with Crippen molar-refractivity contribution >= 4 is 5.69 Å². The Hall–Kier alpha value is -1.12. The number of anilines is 1. The molecule has 0 aromatic heterocycles. The molecule has 1 aromatic rings. The highest BCUT2D eigenvalue weighted by molar-refractivity contribution is 5.47. The minimum Gasteiger partial charge on any atom is -0.381 e.